The molecule has 0 aliphatic heterocycles. The standard InChI is InChI=1S/C22H34O5/c1-2-19(23)13-7-3-4-8-14-20(24)15-9-5-10-16-21(25)17-11-6-12-18-22(26)27/h3-5,7-10,13-14,16,19-21,23-25H,2,6,11-12,15,17-18H2,1H3,(H,26,27)/b4-3-,9-5-,13-7+,14-8+,16-10+/t19-,20+,21-/m1/s1. The average molecular weight is 379 g/mol. The highest BCUT2D eigenvalue weighted by molar-refractivity contribution is 5.66. The van der Waals surface area contributed by atoms with Crippen LogP contribution in [-0.4, -0.2) is 44.7 Å². The van der Waals surface area contributed by atoms with Gasteiger partial charge in [-0.05, 0) is 25.7 Å². The third kappa shape index (κ3) is 18.6. The molecule has 0 heterocycles. The van der Waals surface area contributed by atoms with Crippen LogP contribution in [0, 0.1) is 0 Å². The van der Waals surface area contributed by atoms with Gasteiger partial charge in [-0.15, -0.1) is 0 Å². The number of aliphatic hydroxyl groups excluding tert-OH is 3. The molecule has 0 amide bonds. The number of aliphatic carboxylic acids is 1. The van der Waals surface area contributed by atoms with E-state index in [1.165, 1.54) is 0 Å². The number of hydrogen-bond acceptors (Lipinski definition) is 4. The van der Waals surface area contributed by atoms with Gasteiger partial charge >= 0.3 is 5.97 Å². The minimum absolute atomic E-state index is 0.180. The monoisotopic (exact) mass is 378 g/mol. The second-order valence-electron chi connectivity index (χ2n) is 6.31. The summed E-state index contributed by atoms with van der Waals surface area (Å²) in [7, 11) is 0. The van der Waals surface area contributed by atoms with E-state index in [1.54, 1.807) is 54.7 Å². The van der Waals surface area contributed by atoms with Gasteiger partial charge < -0.3 is 20.4 Å². The molecule has 0 saturated heterocycles. The molecule has 4 N–H and O–H groups in total. The number of unbranched alkanes of at least 4 members (excludes halogenated alkanes) is 2. The van der Waals surface area contributed by atoms with E-state index in [2.05, 4.69) is 0 Å². The number of aliphatic hydroxyl groups is 3. The van der Waals surface area contributed by atoms with E-state index in [-0.39, 0.29) is 6.42 Å². The lowest BCUT2D eigenvalue weighted by atomic mass is 10.1. The molecular formula is C22H34O5. The molecule has 0 spiro atoms. The number of allylic oxidation sites excluding steroid dienone is 6. The van der Waals surface area contributed by atoms with Crippen LogP contribution < -0.4 is 0 Å². The summed E-state index contributed by atoms with van der Waals surface area (Å²) in [6, 6.07) is 0. The van der Waals surface area contributed by atoms with Crippen molar-refractivity contribution in [2.45, 2.75) is 70.2 Å². The Balaban J connectivity index is 3.88. The quantitative estimate of drug-likeness (QED) is 0.257. The first-order valence-electron chi connectivity index (χ1n) is 9.56. The maximum absolute atomic E-state index is 10.4. The predicted octanol–water partition coefficient (Wildman–Crippen LogP) is 3.69. The molecular weight excluding hydrogens is 344 g/mol. The predicted molar refractivity (Wildman–Crippen MR) is 109 cm³/mol. The van der Waals surface area contributed by atoms with Gasteiger partial charge in [0.05, 0.1) is 18.3 Å². The average Bonchev–Trinajstić information content (AvgIpc) is 2.63. The Labute approximate surface area is 162 Å². The third-order valence-electron chi connectivity index (χ3n) is 3.77. The molecule has 0 aliphatic carbocycles. The first-order chi connectivity index (χ1) is 13.0. The Hall–Kier alpha value is -1.95. The molecule has 0 aromatic rings. The zero-order chi connectivity index (χ0) is 20.3. The molecule has 0 aliphatic rings. The summed E-state index contributed by atoms with van der Waals surface area (Å²) in [6.07, 6.45) is 20.2. The molecule has 0 unspecified atom stereocenters. The van der Waals surface area contributed by atoms with Gasteiger partial charge in [-0.1, -0.05) is 80.5 Å². The highest BCUT2D eigenvalue weighted by atomic mass is 16.4. The number of rotatable bonds is 15. The summed E-state index contributed by atoms with van der Waals surface area (Å²) in [5.41, 5.74) is 0. The van der Waals surface area contributed by atoms with E-state index in [1.807, 2.05) is 13.0 Å². The zero-order valence-corrected chi connectivity index (χ0v) is 16.2. The molecule has 0 aromatic heterocycles. The number of carbonyl (C=O) groups is 1. The fourth-order valence-corrected chi connectivity index (χ4v) is 2.12. The van der Waals surface area contributed by atoms with Crippen LogP contribution in [-0.2, 0) is 4.79 Å². The summed E-state index contributed by atoms with van der Waals surface area (Å²) in [5, 5.41) is 37.4. The second-order valence-corrected chi connectivity index (χ2v) is 6.31. The number of carboxylic acid groups (broad SMARTS) is 1. The summed E-state index contributed by atoms with van der Waals surface area (Å²) in [5.74, 6) is -0.780. The Morgan fingerprint density at radius 3 is 2.00 bits per heavy atom. The first kappa shape index (κ1) is 25.1. The van der Waals surface area contributed by atoms with Crippen LogP contribution in [0.15, 0.2) is 60.8 Å². The summed E-state index contributed by atoms with van der Waals surface area (Å²) >= 11 is 0. The lowest BCUT2D eigenvalue weighted by molar-refractivity contribution is -0.137. The van der Waals surface area contributed by atoms with Gasteiger partial charge in [0.15, 0.2) is 0 Å². The van der Waals surface area contributed by atoms with E-state index >= 15 is 0 Å². The molecule has 0 fully saturated rings. The van der Waals surface area contributed by atoms with Gasteiger partial charge in [0.25, 0.3) is 0 Å². The fraction of sp³-hybridized carbons (Fsp3) is 0.500. The minimum atomic E-state index is -0.780. The Morgan fingerprint density at radius 2 is 1.37 bits per heavy atom. The number of hydrogen-bond donors (Lipinski definition) is 4. The molecule has 0 aromatic carbocycles. The summed E-state index contributed by atoms with van der Waals surface area (Å²) in [6.45, 7) is 1.91. The zero-order valence-electron chi connectivity index (χ0n) is 16.2. The SMILES string of the molecule is CC[C@@H](O)/C=C/C=C\C=C\[C@H](O)C/C=C\C=C\[C@@H](O)CCCCCC(=O)O. The lowest BCUT2D eigenvalue weighted by Crippen LogP contribution is -2.02. The van der Waals surface area contributed by atoms with Gasteiger partial charge in [-0.25, -0.2) is 0 Å². The minimum Gasteiger partial charge on any atom is -0.481 e. The largest absolute Gasteiger partial charge is 0.481 e. The molecule has 5 heteroatoms. The van der Waals surface area contributed by atoms with Gasteiger partial charge in [0.1, 0.15) is 0 Å². The van der Waals surface area contributed by atoms with Gasteiger partial charge in [0, 0.05) is 6.42 Å². The number of carboxylic acids is 1. The van der Waals surface area contributed by atoms with Crippen LogP contribution >= 0.6 is 0 Å². The highest BCUT2D eigenvalue weighted by Crippen LogP contribution is 2.07. The van der Waals surface area contributed by atoms with Gasteiger partial charge in [-0.3, -0.25) is 4.79 Å². The fourth-order valence-electron chi connectivity index (χ4n) is 2.12. The van der Waals surface area contributed by atoms with Crippen LogP contribution in [0.4, 0.5) is 0 Å². The second kappa shape index (κ2) is 17.5. The molecule has 0 saturated carbocycles. The van der Waals surface area contributed by atoms with E-state index in [0.29, 0.717) is 25.7 Å². The van der Waals surface area contributed by atoms with Crippen molar-refractivity contribution in [1.82, 2.24) is 0 Å². The van der Waals surface area contributed by atoms with Crippen molar-refractivity contribution >= 4 is 5.97 Å². The molecule has 0 radical (unpaired) electrons. The van der Waals surface area contributed by atoms with Crippen LogP contribution in [0.25, 0.3) is 0 Å². The van der Waals surface area contributed by atoms with Crippen molar-refractivity contribution in [3.8, 4) is 0 Å². The van der Waals surface area contributed by atoms with E-state index in [4.69, 9.17) is 5.11 Å². The molecule has 152 valence electrons. The normalized spacial score (nSPS) is 16.3. The molecule has 3 atom stereocenters. The van der Waals surface area contributed by atoms with Crippen molar-refractivity contribution in [2.24, 2.45) is 0 Å². The Kier molecular flexibility index (Phi) is 16.2. The van der Waals surface area contributed by atoms with Crippen LogP contribution in [0.3, 0.4) is 0 Å². The van der Waals surface area contributed by atoms with Crippen molar-refractivity contribution in [2.75, 3.05) is 0 Å². The van der Waals surface area contributed by atoms with Gasteiger partial charge in [0.2, 0.25) is 0 Å². The maximum Gasteiger partial charge on any atom is 0.303 e. The molecule has 0 bridgehead atoms. The first-order valence-corrected chi connectivity index (χ1v) is 9.56. The molecule has 0 rings (SSSR count). The molecule has 27 heavy (non-hydrogen) atoms. The van der Waals surface area contributed by atoms with Crippen LogP contribution in [0.5, 0.6) is 0 Å². The van der Waals surface area contributed by atoms with E-state index in [9.17, 15) is 20.1 Å². The van der Waals surface area contributed by atoms with Crippen molar-refractivity contribution in [1.29, 1.82) is 0 Å². The Bertz CT molecular complexity index is 517. The maximum atomic E-state index is 10.4. The van der Waals surface area contributed by atoms with Crippen molar-refractivity contribution in [3.63, 3.8) is 0 Å². The summed E-state index contributed by atoms with van der Waals surface area (Å²) < 4.78 is 0. The van der Waals surface area contributed by atoms with Crippen molar-refractivity contribution in [3.05, 3.63) is 60.8 Å². The van der Waals surface area contributed by atoms with Crippen LogP contribution in [0.2, 0.25) is 0 Å². The van der Waals surface area contributed by atoms with Crippen LogP contribution in [0.1, 0.15) is 51.9 Å². The smallest absolute Gasteiger partial charge is 0.303 e. The molecule has 5 nitrogen and oxygen atoms in total. The topological polar surface area (TPSA) is 98.0 Å². The lowest BCUT2D eigenvalue weighted by Gasteiger charge is -2.04. The van der Waals surface area contributed by atoms with E-state index in [0.717, 1.165) is 12.8 Å². The summed E-state index contributed by atoms with van der Waals surface area (Å²) in [4.78, 5) is 10.4. The van der Waals surface area contributed by atoms with Gasteiger partial charge in [-0.2, -0.15) is 0 Å². The van der Waals surface area contributed by atoms with E-state index < -0.39 is 24.3 Å². The highest BCUT2D eigenvalue weighted by Gasteiger charge is 2.00. The third-order valence-corrected chi connectivity index (χ3v) is 3.77. The Morgan fingerprint density at radius 1 is 0.778 bits per heavy atom. The van der Waals surface area contributed by atoms with Crippen molar-refractivity contribution < 1.29 is 25.2 Å².